The Bertz CT molecular complexity index is 395. The van der Waals surface area contributed by atoms with E-state index < -0.39 is 12.1 Å². The highest BCUT2D eigenvalue weighted by molar-refractivity contribution is 5.47. The van der Waals surface area contributed by atoms with E-state index in [1.807, 2.05) is 0 Å². The molecule has 3 nitrogen and oxygen atoms in total. The predicted octanol–water partition coefficient (Wildman–Crippen LogP) is 2.47. The van der Waals surface area contributed by atoms with Crippen LogP contribution in [0.1, 0.15) is 5.56 Å². The van der Waals surface area contributed by atoms with Crippen LogP contribution in [0, 0.1) is 11.3 Å². The minimum absolute atomic E-state index is 0.188. The topological polar surface area (TPSA) is 42.2 Å². The highest BCUT2D eigenvalue weighted by Crippen LogP contribution is 2.29. The van der Waals surface area contributed by atoms with Gasteiger partial charge in [0.25, 0.3) is 0 Å². The third-order valence-corrected chi connectivity index (χ3v) is 1.53. The van der Waals surface area contributed by atoms with Crippen molar-refractivity contribution < 1.29 is 22.6 Å². The Morgan fingerprint density at radius 2 is 2.00 bits per heavy atom. The fourth-order valence-corrected chi connectivity index (χ4v) is 0.931. The predicted molar refractivity (Wildman–Crippen MR) is 44.4 cm³/mol. The van der Waals surface area contributed by atoms with E-state index in [2.05, 4.69) is 4.74 Å². The van der Waals surface area contributed by atoms with Crippen LogP contribution in [-0.4, -0.2) is 13.5 Å². The van der Waals surface area contributed by atoms with Crippen LogP contribution in [0.4, 0.5) is 13.2 Å². The number of nitrogens with zero attached hydrogens (tertiary/aromatic N) is 1. The SMILES string of the molecule is COc1ccc(C#N)c(OC(F)(F)F)c1. The summed E-state index contributed by atoms with van der Waals surface area (Å²) in [6.45, 7) is 0. The molecule has 0 radical (unpaired) electrons. The van der Waals surface area contributed by atoms with Gasteiger partial charge in [-0.1, -0.05) is 0 Å². The molecular weight excluding hydrogens is 211 g/mol. The van der Waals surface area contributed by atoms with E-state index >= 15 is 0 Å². The van der Waals surface area contributed by atoms with E-state index in [1.54, 1.807) is 6.07 Å². The van der Waals surface area contributed by atoms with Crippen LogP contribution in [0.3, 0.4) is 0 Å². The first-order chi connectivity index (χ1) is 6.96. The number of hydrogen-bond donors (Lipinski definition) is 0. The van der Waals surface area contributed by atoms with Gasteiger partial charge in [-0.3, -0.25) is 0 Å². The summed E-state index contributed by atoms with van der Waals surface area (Å²) in [5.41, 5.74) is -0.201. The van der Waals surface area contributed by atoms with E-state index in [9.17, 15) is 13.2 Å². The van der Waals surface area contributed by atoms with Gasteiger partial charge in [-0.15, -0.1) is 13.2 Å². The van der Waals surface area contributed by atoms with Crippen molar-refractivity contribution in [1.29, 1.82) is 5.26 Å². The molecule has 0 aliphatic heterocycles. The second-order valence-electron chi connectivity index (χ2n) is 2.52. The van der Waals surface area contributed by atoms with Gasteiger partial charge in [-0.05, 0) is 12.1 Å². The second-order valence-corrected chi connectivity index (χ2v) is 2.52. The van der Waals surface area contributed by atoms with Gasteiger partial charge in [0, 0.05) is 6.07 Å². The Balaban J connectivity index is 3.08. The van der Waals surface area contributed by atoms with Crippen LogP contribution in [0.2, 0.25) is 0 Å². The molecule has 0 amide bonds. The molecule has 0 unspecified atom stereocenters. The minimum Gasteiger partial charge on any atom is -0.497 e. The zero-order valence-electron chi connectivity index (χ0n) is 7.63. The van der Waals surface area contributed by atoms with Crippen molar-refractivity contribution in [2.24, 2.45) is 0 Å². The summed E-state index contributed by atoms with van der Waals surface area (Å²) in [7, 11) is 1.30. The average molecular weight is 217 g/mol. The van der Waals surface area contributed by atoms with Gasteiger partial charge in [-0.25, -0.2) is 0 Å². The summed E-state index contributed by atoms with van der Waals surface area (Å²) in [5, 5.41) is 8.54. The smallest absolute Gasteiger partial charge is 0.497 e. The van der Waals surface area contributed by atoms with Crippen molar-refractivity contribution in [2.45, 2.75) is 6.36 Å². The van der Waals surface area contributed by atoms with Crippen molar-refractivity contribution in [2.75, 3.05) is 7.11 Å². The summed E-state index contributed by atoms with van der Waals surface area (Å²) < 4.78 is 44.1. The van der Waals surface area contributed by atoms with Crippen molar-refractivity contribution in [3.8, 4) is 17.6 Å². The summed E-state index contributed by atoms with van der Waals surface area (Å²) >= 11 is 0. The quantitative estimate of drug-likeness (QED) is 0.764. The maximum Gasteiger partial charge on any atom is 0.573 e. The van der Waals surface area contributed by atoms with E-state index in [0.29, 0.717) is 0 Å². The van der Waals surface area contributed by atoms with E-state index in [-0.39, 0.29) is 11.3 Å². The van der Waals surface area contributed by atoms with Crippen LogP contribution in [0.25, 0.3) is 0 Å². The van der Waals surface area contributed by atoms with Crippen LogP contribution in [0.5, 0.6) is 11.5 Å². The van der Waals surface area contributed by atoms with Gasteiger partial charge in [0.15, 0.2) is 5.75 Å². The fourth-order valence-electron chi connectivity index (χ4n) is 0.931. The molecule has 80 valence electrons. The lowest BCUT2D eigenvalue weighted by Crippen LogP contribution is -2.17. The highest BCUT2D eigenvalue weighted by atomic mass is 19.4. The van der Waals surface area contributed by atoms with Crippen LogP contribution in [0.15, 0.2) is 18.2 Å². The molecule has 1 rings (SSSR count). The lowest BCUT2D eigenvalue weighted by atomic mass is 10.2. The highest BCUT2D eigenvalue weighted by Gasteiger charge is 2.32. The zero-order valence-corrected chi connectivity index (χ0v) is 7.63. The van der Waals surface area contributed by atoms with Gasteiger partial charge in [0.1, 0.15) is 11.8 Å². The van der Waals surface area contributed by atoms with Crippen LogP contribution < -0.4 is 9.47 Å². The number of hydrogen-bond acceptors (Lipinski definition) is 3. The number of benzene rings is 1. The van der Waals surface area contributed by atoms with E-state index in [1.165, 1.54) is 19.2 Å². The van der Waals surface area contributed by atoms with Gasteiger partial charge >= 0.3 is 6.36 Å². The van der Waals surface area contributed by atoms with Crippen LogP contribution in [-0.2, 0) is 0 Å². The molecule has 0 saturated carbocycles. The second kappa shape index (κ2) is 4.09. The third kappa shape index (κ3) is 3.06. The van der Waals surface area contributed by atoms with Gasteiger partial charge in [0.2, 0.25) is 0 Å². The Morgan fingerprint density at radius 1 is 1.33 bits per heavy atom. The number of methoxy groups -OCH3 is 1. The molecule has 0 aromatic heterocycles. The lowest BCUT2D eigenvalue weighted by molar-refractivity contribution is -0.274. The molecule has 0 heterocycles. The number of halogens is 3. The van der Waals surface area contributed by atoms with Gasteiger partial charge < -0.3 is 9.47 Å². The molecule has 1 aromatic rings. The maximum absolute atomic E-state index is 11.9. The van der Waals surface area contributed by atoms with Crippen LogP contribution >= 0.6 is 0 Å². The molecular formula is C9H6F3NO2. The molecule has 0 aliphatic carbocycles. The van der Waals surface area contributed by atoms with E-state index in [4.69, 9.17) is 10.00 Å². The molecule has 0 spiro atoms. The first kappa shape index (κ1) is 11.2. The molecule has 1 aromatic carbocycles. The standard InChI is InChI=1S/C9H6F3NO2/c1-14-7-3-2-6(5-13)8(4-7)15-9(10,11)12/h2-4H,1H3. The summed E-state index contributed by atoms with van der Waals surface area (Å²) in [5.74, 6) is -0.377. The summed E-state index contributed by atoms with van der Waals surface area (Å²) in [6.07, 6.45) is -4.82. The average Bonchev–Trinajstić information content (AvgIpc) is 2.15. The monoisotopic (exact) mass is 217 g/mol. The molecule has 15 heavy (non-hydrogen) atoms. The normalized spacial score (nSPS) is 10.6. The van der Waals surface area contributed by atoms with Gasteiger partial charge in [0.05, 0.1) is 12.7 Å². The number of rotatable bonds is 2. The minimum atomic E-state index is -4.82. The van der Waals surface area contributed by atoms with Crippen molar-refractivity contribution in [1.82, 2.24) is 0 Å². The van der Waals surface area contributed by atoms with Crippen molar-refractivity contribution in [3.05, 3.63) is 23.8 Å². The summed E-state index contributed by atoms with van der Waals surface area (Å²) in [6, 6.07) is 5.17. The largest absolute Gasteiger partial charge is 0.573 e. The molecule has 0 fully saturated rings. The molecule has 0 N–H and O–H groups in total. The van der Waals surface area contributed by atoms with E-state index in [0.717, 1.165) is 6.07 Å². The zero-order chi connectivity index (χ0) is 11.5. The van der Waals surface area contributed by atoms with Gasteiger partial charge in [-0.2, -0.15) is 5.26 Å². The lowest BCUT2D eigenvalue weighted by Gasteiger charge is -2.10. The Kier molecular flexibility index (Phi) is 3.04. The molecule has 0 bridgehead atoms. The third-order valence-electron chi connectivity index (χ3n) is 1.53. The Labute approximate surface area is 83.6 Å². The fraction of sp³-hybridized carbons (Fsp3) is 0.222. The first-order valence-corrected chi connectivity index (χ1v) is 3.80. The van der Waals surface area contributed by atoms with Crippen molar-refractivity contribution >= 4 is 0 Å². The Morgan fingerprint density at radius 3 is 2.47 bits per heavy atom. The molecule has 6 heteroatoms. The molecule has 0 aliphatic rings. The molecule has 0 atom stereocenters. The Hall–Kier alpha value is -1.90. The summed E-state index contributed by atoms with van der Waals surface area (Å²) in [4.78, 5) is 0. The molecule has 0 saturated heterocycles. The maximum atomic E-state index is 11.9. The number of nitriles is 1. The number of alkyl halides is 3. The first-order valence-electron chi connectivity index (χ1n) is 3.80. The number of ether oxygens (including phenoxy) is 2. The van der Waals surface area contributed by atoms with Crippen molar-refractivity contribution in [3.63, 3.8) is 0 Å².